The van der Waals surface area contributed by atoms with Crippen LogP contribution in [0.3, 0.4) is 0 Å². The van der Waals surface area contributed by atoms with Crippen LogP contribution in [-0.2, 0) is 22.7 Å². The number of amides is 2. The molecule has 1 aliphatic heterocycles. The zero-order chi connectivity index (χ0) is 20.8. The summed E-state index contributed by atoms with van der Waals surface area (Å²) < 4.78 is 18.8. The molecular formula is C22H26FN3O3. The van der Waals surface area contributed by atoms with Gasteiger partial charge in [-0.25, -0.2) is 4.39 Å². The number of aryl methyl sites for hydroxylation is 1. The van der Waals surface area contributed by atoms with Gasteiger partial charge in [0.25, 0.3) is 0 Å². The van der Waals surface area contributed by atoms with E-state index in [0.717, 1.165) is 22.4 Å². The maximum absolute atomic E-state index is 13.4. The quantitative estimate of drug-likeness (QED) is 0.749. The molecular weight excluding hydrogens is 373 g/mol. The Morgan fingerprint density at radius 3 is 2.86 bits per heavy atom. The zero-order valence-corrected chi connectivity index (χ0v) is 16.7. The number of rotatable bonds is 7. The van der Waals surface area contributed by atoms with Gasteiger partial charge in [-0.05, 0) is 36.2 Å². The molecule has 0 aromatic heterocycles. The van der Waals surface area contributed by atoms with Crippen molar-refractivity contribution >= 4 is 11.8 Å². The first-order valence-electron chi connectivity index (χ1n) is 9.63. The Morgan fingerprint density at radius 2 is 2.07 bits per heavy atom. The summed E-state index contributed by atoms with van der Waals surface area (Å²) in [6.07, 6.45) is 0.0370. The Balaban J connectivity index is 1.65. The highest BCUT2D eigenvalue weighted by Crippen LogP contribution is 2.22. The minimum absolute atomic E-state index is 0.0370. The molecule has 0 spiro atoms. The minimum Gasteiger partial charge on any atom is -0.496 e. The number of nitrogens with one attached hydrogen (secondary N) is 2. The highest BCUT2D eigenvalue weighted by Gasteiger charge is 2.32. The Kier molecular flexibility index (Phi) is 6.82. The number of nitrogens with zero attached hydrogens (tertiary/aromatic N) is 1. The SMILES string of the molecule is COc1ccccc1CN1CCNC(=O)[C@H]1CC(=O)NCc1cc(F)ccc1C. The number of methoxy groups -OCH3 is 1. The molecule has 0 radical (unpaired) electrons. The van der Waals surface area contributed by atoms with E-state index in [1.54, 1.807) is 13.2 Å². The van der Waals surface area contributed by atoms with Gasteiger partial charge in [0.15, 0.2) is 0 Å². The number of ether oxygens (including phenoxy) is 1. The predicted molar refractivity (Wildman–Crippen MR) is 108 cm³/mol. The van der Waals surface area contributed by atoms with Crippen LogP contribution >= 0.6 is 0 Å². The molecule has 0 bridgehead atoms. The van der Waals surface area contributed by atoms with E-state index >= 15 is 0 Å². The van der Waals surface area contributed by atoms with E-state index < -0.39 is 6.04 Å². The Labute approximate surface area is 170 Å². The maximum Gasteiger partial charge on any atom is 0.237 e. The number of hydrogen-bond donors (Lipinski definition) is 2. The van der Waals surface area contributed by atoms with Crippen molar-refractivity contribution in [1.82, 2.24) is 15.5 Å². The van der Waals surface area contributed by atoms with Crippen molar-refractivity contribution in [3.63, 3.8) is 0 Å². The Hall–Kier alpha value is -2.93. The summed E-state index contributed by atoms with van der Waals surface area (Å²) >= 11 is 0. The van der Waals surface area contributed by atoms with Crippen LogP contribution < -0.4 is 15.4 Å². The van der Waals surface area contributed by atoms with Gasteiger partial charge in [-0.15, -0.1) is 0 Å². The monoisotopic (exact) mass is 399 g/mol. The second-order valence-electron chi connectivity index (χ2n) is 7.14. The molecule has 2 N–H and O–H groups in total. The third-order valence-corrected chi connectivity index (χ3v) is 5.17. The smallest absolute Gasteiger partial charge is 0.237 e. The first-order valence-corrected chi connectivity index (χ1v) is 9.63. The molecule has 1 atom stereocenters. The topological polar surface area (TPSA) is 70.7 Å². The second kappa shape index (κ2) is 9.52. The number of hydrogen-bond acceptors (Lipinski definition) is 4. The summed E-state index contributed by atoms with van der Waals surface area (Å²) in [5.74, 6) is 0.00160. The molecule has 2 aromatic carbocycles. The van der Waals surface area contributed by atoms with E-state index in [1.165, 1.54) is 12.1 Å². The van der Waals surface area contributed by atoms with Gasteiger partial charge in [-0.3, -0.25) is 14.5 Å². The normalized spacial score (nSPS) is 16.9. The number of para-hydroxylation sites is 1. The molecule has 0 aliphatic carbocycles. The van der Waals surface area contributed by atoms with Crippen LogP contribution in [0.1, 0.15) is 23.1 Å². The van der Waals surface area contributed by atoms with Gasteiger partial charge in [0.2, 0.25) is 11.8 Å². The van der Waals surface area contributed by atoms with Crippen molar-refractivity contribution in [1.29, 1.82) is 0 Å². The molecule has 0 saturated carbocycles. The van der Waals surface area contributed by atoms with Crippen molar-refractivity contribution in [3.8, 4) is 5.75 Å². The van der Waals surface area contributed by atoms with Crippen molar-refractivity contribution in [2.45, 2.75) is 32.5 Å². The summed E-state index contributed by atoms with van der Waals surface area (Å²) in [4.78, 5) is 26.9. The molecule has 154 valence electrons. The lowest BCUT2D eigenvalue weighted by atomic mass is 10.1. The molecule has 2 amide bonds. The van der Waals surface area contributed by atoms with Crippen LogP contribution in [0.4, 0.5) is 4.39 Å². The Morgan fingerprint density at radius 1 is 1.28 bits per heavy atom. The number of halogens is 1. The number of carbonyl (C=O) groups excluding carboxylic acids is 2. The average Bonchev–Trinajstić information content (AvgIpc) is 2.71. The van der Waals surface area contributed by atoms with E-state index in [1.807, 2.05) is 36.1 Å². The van der Waals surface area contributed by atoms with Crippen LogP contribution in [0.15, 0.2) is 42.5 Å². The third kappa shape index (κ3) is 5.32. The fraction of sp³-hybridized carbons (Fsp3) is 0.364. The van der Waals surface area contributed by atoms with Gasteiger partial charge < -0.3 is 15.4 Å². The Bertz CT molecular complexity index is 887. The zero-order valence-electron chi connectivity index (χ0n) is 16.7. The fourth-order valence-electron chi connectivity index (χ4n) is 3.50. The van der Waals surface area contributed by atoms with Gasteiger partial charge in [0.1, 0.15) is 11.6 Å². The minimum atomic E-state index is -0.567. The molecule has 29 heavy (non-hydrogen) atoms. The summed E-state index contributed by atoms with van der Waals surface area (Å²) in [6.45, 7) is 3.78. The van der Waals surface area contributed by atoms with Gasteiger partial charge in [-0.2, -0.15) is 0 Å². The van der Waals surface area contributed by atoms with Crippen molar-refractivity contribution in [3.05, 3.63) is 65.0 Å². The molecule has 0 unspecified atom stereocenters. The highest BCUT2D eigenvalue weighted by molar-refractivity contribution is 5.88. The van der Waals surface area contributed by atoms with Crippen LogP contribution in [0.5, 0.6) is 5.75 Å². The van der Waals surface area contributed by atoms with E-state index in [-0.39, 0.29) is 30.6 Å². The first kappa shape index (κ1) is 20.8. The predicted octanol–water partition coefficient (Wildman–Crippen LogP) is 2.15. The largest absolute Gasteiger partial charge is 0.496 e. The maximum atomic E-state index is 13.4. The summed E-state index contributed by atoms with van der Waals surface area (Å²) in [6, 6.07) is 11.6. The van der Waals surface area contributed by atoms with E-state index in [4.69, 9.17) is 4.74 Å². The van der Waals surface area contributed by atoms with Crippen molar-refractivity contribution in [2.75, 3.05) is 20.2 Å². The third-order valence-electron chi connectivity index (χ3n) is 5.17. The van der Waals surface area contributed by atoms with Crippen molar-refractivity contribution < 1.29 is 18.7 Å². The molecule has 3 rings (SSSR count). The summed E-state index contributed by atoms with van der Waals surface area (Å²) in [5.41, 5.74) is 2.59. The molecule has 1 saturated heterocycles. The molecule has 6 nitrogen and oxygen atoms in total. The van der Waals surface area contributed by atoms with Crippen LogP contribution in [0.25, 0.3) is 0 Å². The van der Waals surface area contributed by atoms with E-state index in [0.29, 0.717) is 19.6 Å². The van der Waals surface area contributed by atoms with Crippen LogP contribution in [-0.4, -0.2) is 43.0 Å². The molecule has 7 heteroatoms. The summed E-state index contributed by atoms with van der Waals surface area (Å²) in [5, 5.41) is 5.64. The lowest BCUT2D eigenvalue weighted by molar-refractivity contribution is -0.134. The molecule has 1 aliphatic rings. The van der Waals surface area contributed by atoms with Crippen LogP contribution in [0, 0.1) is 12.7 Å². The van der Waals surface area contributed by atoms with E-state index in [2.05, 4.69) is 10.6 Å². The standard InChI is InChI=1S/C22H26FN3O3/c1-15-7-8-18(23)11-17(15)13-25-21(27)12-19-22(28)24-9-10-26(19)14-16-5-3-4-6-20(16)29-2/h3-8,11,19H,9-10,12-14H2,1-2H3,(H,24,28)(H,25,27)/t19-/m1/s1. The number of carbonyl (C=O) groups is 2. The molecule has 1 heterocycles. The number of piperazine rings is 1. The number of benzene rings is 2. The van der Waals surface area contributed by atoms with Gasteiger partial charge in [0.05, 0.1) is 19.6 Å². The molecule has 2 aromatic rings. The van der Waals surface area contributed by atoms with Crippen molar-refractivity contribution in [2.24, 2.45) is 0 Å². The first-order chi connectivity index (χ1) is 14.0. The lowest BCUT2D eigenvalue weighted by Crippen LogP contribution is -2.56. The molecule has 1 fully saturated rings. The van der Waals surface area contributed by atoms with Gasteiger partial charge in [-0.1, -0.05) is 24.3 Å². The second-order valence-corrected chi connectivity index (χ2v) is 7.14. The highest BCUT2D eigenvalue weighted by atomic mass is 19.1. The summed E-state index contributed by atoms with van der Waals surface area (Å²) in [7, 11) is 1.61. The average molecular weight is 399 g/mol. The van der Waals surface area contributed by atoms with Gasteiger partial charge in [0, 0.05) is 31.7 Å². The van der Waals surface area contributed by atoms with Crippen LogP contribution in [0.2, 0.25) is 0 Å². The lowest BCUT2D eigenvalue weighted by Gasteiger charge is -2.35. The fourth-order valence-corrected chi connectivity index (χ4v) is 3.50. The van der Waals surface area contributed by atoms with Gasteiger partial charge >= 0.3 is 0 Å². The van der Waals surface area contributed by atoms with E-state index in [9.17, 15) is 14.0 Å².